The molecule has 1 aromatic carbocycles. The van der Waals surface area contributed by atoms with Gasteiger partial charge >= 0.3 is 11.9 Å². The van der Waals surface area contributed by atoms with Crippen LogP contribution in [0.5, 0.6) is 0 Å². The third-order valence-corrected chi connectivity index (χ3v) is 6.14. The Hall–Kier alpha value is -3.98. The van der Waals surface area contributed by atoms with Gasteiger partial charge in [0.15, 0.2) is 5.65 Å². The van der Waals surface area contributed by atoms with Gasteiger partial charge in [0.05, 0.1) is 6.54 Å². The fourth-order valence-electron chi connectivity index (χ4n) is 4.15. The second-order valence-corrected chi connectivity index (χ2v) is 8.57. The van der Waals surface area contributed by atoms with Crippen LogP contribution in [0.4, 0.5) is 13.2 Å². The Morgan fingerprint density at radius 1 is 0.944 bits per heavy atom. The van der Waals surface area contributed by atoms with Gasteiger partial charge in [0.2, 0.25) is 0 Å². The SMILES string of the molecule is CCc1nc(C(F)(F)F)ccc1Cn1nc2c(-c3ccncc3)c(-c3ccc(Cl)cc3)ccn2c1=O. The zero-order chi connectivity index (χ0) is 25.4. The van der Waals surface area contributed by atoms with Crippen LogP contribution in [0.3, 0.4) is 0 Å². The molecule has 0 atom stereocenters. The average molecular weight is 510 g/mol. The number of hydrogen-bond acceptors (Lipinski definition) is 4. The molecule has 5 aromatic rings. The van der Waals surface area contributed by atoms with E-state index >= 15 is 0 Å². The van der Waals surface area contributed by atoms with E-state index in [9.17, 15) is 18.0 Å². The van der Waals surface area contributed by atoms with Gasteiger partial charge in [-0.3, -0.25) is 4.98 Å². The minimum absolute atomic E-state index is 0.0130. The number of nitrogens with zero attached hydrogens (tertiary/aromatic N) is 5. The van der Waals surface area contributed by atoms with Crippen molar-refractivity contribution in [2.75, 3.05) is 0 Å². The Labute approximate surface area is 208 Å². The lowest BCUT2D eigenvalue weighted by molar-refractivity contribution is -0.141. The van der Waals surface area contributed by atoms with Gasteiger partial charge in [-0.1, -0.05) is 36.7 Å². The van der Waals surface area contributed by atoms with Crippen molar-refractivity contribution in [1.82, 2.24) is 24.1 Å². The predicted octanol–water partition coefficient (Wildman–Crippen LogP) is 5.90. The van der Waals surface area contributed by atoms with Crippen LogP contribution < -0.4 is 5.69 Å². The van der Waals surface area contributed by atoms with Crippen LogP contribution in [0, 0.1) is 0 Å². The van der Waals surface area contributed by atoms with Crippen molar-refractivity contribution in [3.8, 4) is 22.3 Å². The molecule has 0 spiro atoms. The lowest BCUT2D eigenvalue weighted by atomic mass is 9.96. The highest BCUT2D eigenvalue weighted by molar-refractivity contribution is 6.30. The molecule has 0 aliphatic carbocycles. The molecule has 0 fully saturated rings. The normalized spacial score (nSPS) is 11.8. The molecule has 0 saturated heterocycles. The monoisotopic (exact) mass is 509 g/mol. The van der Waals surface area contributed by atoms with Gasteiger partial charge < -0.3 is 0 Å². The molecular weight excluding hydrogens is 491 g/mol. The van der Waals surface area contributed by atoms with Crippen molar-refractivity contribution < 1.29 is 13.2 Å². The second-order valence-electron chi connectivity index (χ2n) is 8.13. The summed E-state index contributed by atoms with van der Waals surface area (Å²) in [5.41, 5.74) is 3.07. The molecule has 0 bridgehead atoms. The lowest BCUT2D eigenvalue weighted by Gasteiger charge is -2.11. The maximum Gasteiger partial charge on any atom is 0.433 e. The fraction of sp³-hybridized carbons (Fsp3) is 0.154. The zero-order valence-electron chi connectivity index (χ0n) is 19.0. The summed E-state index contributed by atoms with van der Waals surface area (Å²) in [4.78, 5) is 21.1. The average Bonchev–Trinajstić information content (AvgIpc) is 3.19. The Morgan fingerprint density at radius 2 is 1.67 bits per heavy atom. The molecule has 0 amide bonds. The van der Waals surface area contributed by atoms with E-state index < -0.39 is 17.6 Å². The van der Waals surface area contributed by atoms with Crippen LogP contribution in [-0.2, 0) is 19.1 Å². The van der Waals surface area contributed by atoms with Gasteiger partial charge in [-0.25, -0.2) is 18.9 Å². The largest absolute Gasteiger partial charge is 0.433 e. The molecular formula is C26H19ClF3N5O. The number of rotatable bonds is 5. The van der Waals surface area contributed by atoms with E-state index in [1.54, 1.807) is 37.6 Å². The maximum atomic E-state index is 13.3. The zero-order valence-corrected chi connectivity index (χ0v) is 19.8. The molecule has 6 nitrogen and oxygen atoms in total. The quantitative estimate of drug-likeness (QED) is 0.296. The fourth-order valence-corrected chi connectivity index (χ4v) is 4.28. The summed E-state index contributed by atoms with van der Waals surface area (Å²) in [6.07, 6.45) is 0.688. The van der Waals surface area contributed by atoms with Crippen molar-refractivity contribution in [2.45, 2.75) is 26.1 Å². The molecule has 0 N–H and O–H groups in total. The lowest BCUT2D eigenvalue weighted by Crippen LogP contribution is -2.22. The van der Waals surface area contributed by atoms with Crippen molar-refractivity contribution in [3.63, 3.8) is 0 Å². The number of pyridine rings is 3. The van der Waals surface area contributed by atoms with E-state index in [1.807, 2.05) is 30.3 Å². The van der Waals surface area contributed by atoms with E-state index in [-0.39, 0.29) is 18.7 Å². The Bertz CT molecular complexity index is 1610. The first kappa shape index (κ1) is 23.7. The first-order chi connectivity index (χ1) is 17.3. The van der Waals surface area contributed by atoms with Crippen LogP contribution in [0.25, 0.3) is 27.9 Å². The minimum atomic E-state index is -4.54. The first-order valence-corrected chi connectivity index (χ1v) is 11.5. The molecule has 0 unspecified atom stereocenters. The molecule has 5 rings (SSSR count). The number of benzene rings is 1. The van der Waals surface area contributed by atoms with E-state index in [1.165, 1.54) is 15.1 Å². The number of aromatic nitrogens is 5. The van der Waals surface area contributed by atoms with Crippen LogP contribution in [0.1, 0.15) is 23.9 Å². The molecule has 4 aromatic heterocycles. The van der Waals surface area contributed by atoms with Crippen molar-refractivity contribution in [1.29, 1.82) is 0 Å². The van der Waals surface area contributed by atoms with Gasteiger partial charge in [-0.15, -0.1) is 5.10 Å². The van der Waals surface area contributed by atoms with Crippen LogP contribution in [0.2, 0.25) is 5.02 Å². The number of alkyl halides is 3. The van der Waals surface area contributed by atoms with Gasteiger partial charge in [0.25, 0.3) is 0 Å². The molecule has 0 radical (unpaired) electrons. The summed E-state index contributed by atoms with van der Waals surface area (Å²) in [6.45, 7) is 1.71. The summed E-state index contributed by atoms with van der Waals surface area (Å²) in [5.74, 6) is 0. The summed E-state index contributed by atoms with van der Waals surface area (Å²) in [7, 11) is 0. The Morgan fingerprint density at radius 3 is 2.33 bits per heavy atom. The van der Waals surface area contributed by atoms with Crippen LogP contribution >= 0.6 is 11.6 Å². The topological polar surface area (TPSA) is 65.1 Å². The number of hydrogen-bond donors (Lipinski definition) is 0. The summed E-state index contributed by atoms with van der Waals surface area (Å²) in [6, 6.07) is 15.1. The Kier molecular flexibility index (Phi) is 6.09. The summed E-state index contributed by atoms with van der Waals surface area (Å²) in [5, 5.41) is 5.20. The van der Waals surface area contributed by atoms with Crippen molar-refractivity contribution in [2.24, 2.45) is 0 Å². The van der Waals surface area contributed by atoms with E-state index in [0.717, 1.165) is 28.3 Å². The highest BCUT2D eigenvalue weighted by atomic mass is 35.5. The highest BCUT2D eigenvalue weighted by Gasteiger charge is 2.33. The van der Waals surface area contributed by atoms with Crippen molar-refractivity contribution >= 4 is 17.2 Å². The smallest absolute Gasteiger partial charge is 0.265 e. The van der Waals surface area contributed by atoms with Gasteiger partial charge in [-0.2, -0.15) is 13.2 Å². The number of aryl methyl sites for hydroxylation is 1. The Balaban J connectivity index is 1.67. The standard InChI is InChI=1S/C26H19ClF3N5O/c1-2-21-18(5-8-22(32-21)26(28,29)30)15-35-25(36)34-14-11-20(16-3-6-19(27)7-4-16)23(24(34)33-35)17-9-12-31-13-10-17/h3-14H,2,15H2,1H3. The minimum Gasteiger partial charge on any atom is -0.265 e. The van der Waals surface area contributed by atoms with Gasteiger partial charge in [0, 0.05) is 34.9 Å². The first-order valence-electron chi connectivity index (χ1n) is 11.1. The number of halogens is 4. The molecule has 10 heteroatoms. The van der Waals surface area contributed by atoms with Crippen molar-refractivity contribution in [3.05, 3.63) is 106 Å². The van der Waals surface area contributed by atoms with E-state index in [4.69, 9.17) is 11.6 Å². The third-order valence-electron chi connectivity index (χ3n) is 5.89. The third kappa shape index (κ3) is 4.37. The molecule has 36 heavy (non-hydrogen) atoms. The molecule has 4 heterocycles. The molecule has 182 valence electrons. The van der Waals surface area contributed by atoms with E-state index in [0.29, 0.717) is 16.2 Å². The van der Waals surface area contributed by atoms with Gasteiger partial charge in [0.1, 0.15) is 5.69 Å². The number of fused-ring (bicyclic) bond motifs is 1. The highest BCUT2D eigenvalue weighted by Crippen LogP contribution is 2.35. The van der Waals surface area contributed by atoms with Crippen LogP contribution in [-0.4, -0.2) is 24.1 Å². The van der Waals surface area contributed by atoms with E-state index in [2.05, 4.69) is 15.1 Å². The maximum absolute atomic E-state index is 13.3. The predicted molar refractivity (Wildman–Crippen MR) is 131 cm³/mol. The van der Waals surface area contributed by atoms with Gasteiger partial charge in [-0.05, 0) is 65.1 Å². The molecule has 0 aliphatic rings. The molecule has 0 aliphatic heterocycles. The summed E-state index contributed by atoms with van der Waals surface area (Å²) < 4.78 is 42.1. The molecule has 0 saturated carbocycles. The second kappa shape index (κ2) is 9.23. The van der Waals surface area contributed by atoms with Crippen LogP contribution in [0.15, 0.2) is 78.0 Å². The summed E-state index contributed by atoms with van der Waals surface area (Å²) >= 11 is 6.07.